The van der Waals surface area contributed by atoms with Crippen molar-refractivity contribution in [3.63, 3.8) is 0 Å². The molecule has 0 spiro atoms. The Kier molecular flexibility index (Phi) is 7.99. The van der Waals surface area contributed by atoms with E-state index in [0.29, 0.717) is 7.92 Å². The van der Waals surface area contributed by atoms with Crippen LogP contribution in [-0.2, 0) is 0 Å². The molecule has 1 nitrogen and oxygen atoms in total. The average molecular weight is 277 g/mol. The molecule has 2 aliphatic carbocycles. The van der Waals surface area contributed by atoms with Crippen LogP contribution in [0.1, 0.15) is 64.2 Å². The molecule has 0 bridgehead atoms. The fourth-order valence-electron chi connectivity index (χ4n) is 4.00. The second kappa shape index (κ2) is 9.51. The van der Waals surface area contributed by atoms with E-state index in [1.165, 1.54) is 65.6 Å². The van der Waals surface area contributed by atoms with Gasteiger partial charge in [0, 0.05) is 0 Å². The maximum Gasteiger partial charge on any atom is 0.153 e. The van der Waals surface area contributed by atoms with Gasteiger partial charge in [-0.05, 0) is 49.7 Å². The molecule has 2 rings (SSSR count). The highest BCUT2D eigenvalue weighted by molar-refractivity contribution is 7.59. The Morgan fingerprint density at radius 2 is 1.42 bits per heavy atom. The Hall–Kier alpha value is 0.585. The van der Waals surface area contributed by atoms with Gasteiger partial charge in [-0.15, -0.1) is 0 Å². The molecule has 0 saturated heterocycles. The van der Waals surface area contributed by atoms with Crippen LogP contribution in [0, 0.1) is 0 Å². The summed E-state index contributed by atoms with van der Waals surface area (Å²) in [5.74, 6) is 0. The van der Waals surface area contributed by atoms with Gasteiger partial charge < -0.3 is 5.23 Å². The standard InChI is InChI=1S/C14H31B3NP/c15-16-17-18-11-12-19(13-7-3-1-4-8-13)14-9-5-2-6-10-14/h13-14,16-18H,1-12,15H2. The van der Waals surface area contributed by atoms with E-state index in [-0.39, 0.29) is 0 Å². The van der Waals surface area contributed by atoms with Crippen molar-refractivity contribution in [2.24, 2.45) is 0 Å². The third kappa shape index (κ3) is 5.46. The quantitative estimate of drug-likeness (QED) is 0.426. The molecule has 0 atom stereocenters. The first kappa shape index (κ1) is 16.0. The van der Waals surface area contributed by atoms with E-state index >= 15 is 0 Å². The van der Waals surface area contributed by atoms with Crippen molar-refractivity contribution in [3.05, 3.63) is 0 Å². The number of hydrogen-bond acceptors (Lipinski definition) is 1. The van der Waals surface area contributed by atoms with Crippen LogP contribution in [0.2, 0.25) is 0 Å². The van der Waals surface area contributed by atoms with Crippen molar-refractivity contribution in [1.29, 1.82) is 0 Å². The molecule has 0 aliphatic heterocycles. The third-order valence-electron chi connectivity index (χ3n) is 5.06. The number of hydrogen-bond donors (Lipinski definition) is 1. The second-order valence-corrected chi connectivity index (χ2v) is 9.51. The lowest BCUT2D eigenvalue weighted by molar-refractivity contribution is 0.484. The summed E-state index contributed by atoms with van der Waals surface area (Å²) in [6.45, 7) is 1.30. The Morgan fingerprint density at radius 3 is 1.89 bits per heavy atom. The zero-order valence-corrected chi connectivity index (χ0v) is 13.9. The van der Waals surface area contributed by atoms with E-state index in [1.54, 1.807) is 25.7 Å². The summed E-state index contributed by atoms with van der Waals surface area (Å²) >= 11 is 0. The van der Waals surface area contributed by atoms with Crippen molar-refractivity contribution >= 4 is 30.0 Å². The van der Waals surface area contributed by atoms with E-state index in [0.717, 1.165) is 11.3 Å². The van der Waals surface area contributed by atoms with Gasteiger partial charge in [0.1, 0.15) is 0 Å². The van der Waals surface area contributed by atoms with Crippen molar-refractivity contribution in [2.75, 3.05) is 12.7 Å². The molecule has 19 heavy (non-hydrogen) atoms. The van der Waals surface area contributed by atoms with Gasteiger partial charge in [0.15, 0.2) is 7.31 Å². The van der Waals surface area contributed by atoms with Gasteiger partial charge in [0.05, 0.1) is 14.8 Å². The van der Waals surface area contributed by atoms with Gasteiger partial charge >= 0.3 is 0 Å². The Morgan fingerprint density at radius 1 is 0.895 bits per heavy atom. The summed E-state index contributed by atoms with van der Waals surface area (Å²) in [6, 6.07) is 0. The SMILES string of the molecule is BBBNCCP(C1CCCCC1)C1CCCCC1. The lowest BCUT2D eigenvalue weighted by Gasteiger charge is -2.38. The van der Waals surface area contributed by atoms with Crippen molar-refractivity contribution in [3.8, 4) is 0 Å². The maximum absolute atomic E-state index is 3.66. The van der Waals surface area contributed by atoms with Crippen LogP contribution in [0.25, 0.3) is 0 Å². The minimum atomic E-state index is 0.324. The smallest absolute Gasteiger partial charge is 0.153 e. The molecular formula is C14H31B3NP. The lowest BCUT2D eigenvalue weighted by Crippen LogP contribution is -2.30. The van der Waals surface area contributed by atoms with Gasteiger partial charge in [-0.3, -0.25) is 0 Å². The molecule has 0 radical (unpaired) electrons. The first-order valence-electron chi connectivity index (χ1n) is 8.88. The predicted molar refractivity (Wildman–Crippen MR) is 96.4 cm³/mol. The minimum absolute atomic E-state index is 0.324. The molecule has 0 aromatic carbocycles. The molecule has 0 aromatic heterocycles. The second-order valence-electron chi connectivity index (χ2n) is 6.57. The first-order chi connectivity index (χ1) is 9.42. The molecule has 2 fully saturated rings. The summed E-state index contributed by atoms with van der Waals surface area (Å²) in [6.07, 6.45) is 16.9. The summed E-state index contributed by atoms with van der Waals surface area (Å²) in [5, 5.41) is 3.66. The van der Waals surface area contributed by atoms with Crippen LogP contribution >= 0.6 is 7.92 Å². The van der Waals surface area contributed by atoms with Crippen LogP contribution in [0.15, 0.2) is 0 Å². The molecule has 1 N–H and O–H groups in total. The highest BCUT2D eigenvalue weighted by atomic mass is 31.1. The van der Waals surface area contributed by atoms with Crippen LogP contribution in [0.5, 0.6) is 0 Å². The van der Waals surface area contributed by atoms with Gasteiger partial charge in [0.2, 0.25) is 0 Å². The monoisotopic (exact) mass is 277 g/mol. The Bertz CT molecular complexity index is 213. The maximum atomic E-state index is 3.66. The van der Waals surface area contributed by atoms with Gasteiger partial charge in [0.25, 0.3) is 0 Å². The number of rotatable bonds is 7. The van der Waals surface area contributed by atoms with Crippen molar-refractivity contribution < 1.29 is 0 Å². The molecule has 0 aromatic rings. The lowest BCUT2D eigenvalue weighted by atomic mass is 9.33. The topological polar surface area (TPSA) is 12.0 Å². The van der Waals surface area contributed by atoms with Gasteiger partial charge in [-0.25, -0.2) is 0 Å². The summed E-state index contributed by atoms with van der Waals surface area (Å²) in [5.41, 5.74) is 2.27. The van der Waals surface area contributed by atoms with E-state index in [4.69, 9.17) is 0 Å². The highest BCUT2D eigenvalue weighted by Gasteiger charge is 2.30. The first-order valence-corrected chi connectivity index (χ1v) is 10.5. The van der Waals surface area contributed by atoms with E-state index in [1.807, 2.05) is 0 Å². The minimum Gasteiger partial charge on any atom is -0.366 e. The molecule has 2 aliphatic rings. The van der Waals surface area contributed by atoms with Crippen LogP contribution in [0.4, 0.5) is 0 Å². The highest BCUT2D eigenvalue weighted by Crippen LogP contribution is 2.55. The van der Waals surface area contributed by atoms with Crippen LogP contribution in [-0.4, -0.2) is 46.1 Å². The van der Waals surface area contributed by atoms with Gasteiger partial charge in [-0.2, -0.15) is 0 Å². The fraction of sp³-hybridized carbons (Fsp3) is 1.00. The molecule has 2 saturated carbocycles. The summed E-state index contributed by atoms with van der Waals surface area (Å²) < 4.78 is 0. The third-order valence-corrected chi connectivity index (χ3v) is 8.71. The number of nitrogens with one attached hydrogen (secondary N) is 1. The van der Waals surface area contributed by atoms with Crippen molar-refractivity contribution in [2.45, 2.75) is 75.5 Å². The Balaban J connectivity index is 1.83. The molecule has 5 heteroatoms. The van der Waals surface area contributed by atoms with E-state index in [9.17, 15) is 0 Å². The largest absolute Gasteiger partial charge is 0.366 e. The normalized spacial score (nSPS) is 22.6. The zero-order valence-electron chi connectivity index (χ0n) is 13.0. The van der Waals surface area contributed by atoms with Crippen molar-refractivity contribution in [1.82, 2.24) is 5.23 Å². The molecule has 0 unspecified atom stereocenters. The Labute approximate surface area is 124 Å². The summed E-state index contributed by atoms with van der Waals surface area (Å²) in [7, 11) is 5.10. The van der Waals surface area contributed by atoms with E-state index < -0.39 is 0 Å². The molecular weight excluding hydrogens is 246 g/mol. The van der Waals surface area contributed by atoms with E-state index in [2.05, 4.69) is 13.0 Å². The van der Waals surface area contributed by atoms with Gasteiger partial charge in [-0.1, -0.05) is 46.4 Å². The van der Waals surface area contributed by atoms with Crippen LogP contribution < -0.4 is 5.23 Å². The fourth-order valence-corrected chi connectivity index (χ4v) is 7.80. The predicted octanol–water partition coefficient (Wildman–Crippen LogP) is 1.97. The molecule has 0 amide bonds. The average Bonchev–Trinajstić information content (AvgIpc) is 2.49. The molecule has 0 heterocycles. The zero-order chi connectivity index (χ0) is 13.3. The molecule has 106 valence electrons. The summed E-state index contributed by atoms with van der Waals surface area (Å²) in [4.78, 5) is 0. The van der Waals surface area contributed by atoms with Crippen LogP contribution in [0.3, 0.4) is 0 Å².